The number of alkyl halides is 3. The quantitative estimate of drug-likeness (QED) is 0.729. The summed E-state index contributed by atoms with van der Waals surface area (Å²) in [6, 6.07) is 12.0. The molecule has 0 amide bonds. The van der Waals surface area contributed by atoms with Crippen LogP contribution >= 0.6 is 11.6 Å². The van der Waals surface area contributed by atoms with Crippen molar-refractivity contribution < 1.29 is 18.3 Å². The minimum Gasteiger partial charge on any atom is -0.496 e. The van der Waals surface area contributed by atoms with Gasteiger partial charge in [0.25, 0.3) is 0 Å². The first kappa shape index (κ1) is 15.6. The van der Waals surface area contributed by atoms with E-state index >= 15 is 0 Å². The third kappa shape index (κ3) is 3.85. The highest BCUT2D eigenvalue weighted by atomic mass is 35.5. The molecule has 0 aliphatic carbocycles. The highest BCUT2D eigenvalue weighted by Crippen LogP contribution is 2.32. The minimum atomic E-state index is -2.83. The van der Waals surface area contributed by atoms with Crippen LogP contribution in [-0.2, 0) is 0 Å². The molecule has 0 saturated heterocycles. The maximum Gasteiger partial charge on any atom is 0.387 e. The van der Waals surface area contributed by atoms with Crippen molar-refractivity contribution in [3.05, 3.63) is 59.2 Å². The first-order valence-corrected chi connectivity index (χ1v) is 6.78. The monoisotopic (exact) mass is 312 g/mol. The fourth-order valence-electron chi connectivity index (χ4n) is 2.07. The van der Waals surface area contributed by atoms with Gasteiger partial charge in [-0.05, 0) is 41.8 Å². The Labute approximate surface area is 127 Å². The molecule has 0 aliphatic heterocycles. The number of ether oxygens (including phenoxy) is 2. The second-order valence-electron chi connectivity index (χ2n) is 4.54. The van der Waals surface area contributed by atoms with Crippen molar-refractivity contribution in [2.45, 2.75) is 18.9 Å². The smallest absolute Gasteiger partial charge is 0.387 e. The normalized spacial score (nSPS) is 12.3. The van der Waals surface area contributed by atoms with Crippen molar-refractivity contribution in [3.63, 3.8) is 0 Å². The van der Waals surface area contributed by atoms with Crippen LogP contribution in [0.15, 0.2) is 42.5 Å². The van der Waals surface area contributed by atoms with Crippen LogP contribution in [-0.4, -0.2) is 13.7 Å². The fraction of sp³-hybridized carbons (Fsp3) is 0.250. The predicted octanol–water partition coefficient (Wildman–Crippen LogP) is 4.93. The number of rotatable bonds is 5. The number of benzene rings is 2. The van der Waals surface area contributed by atoms with Crippen LogP contribution in [0.4, 0.5) is 8.78 Å². The van der Waals surface area contributed by atoms with Gasteiger partial charge in [-0.25, -0.2) is 0 Å². The molecule has 0 radical (unpaired) electrons. The number of aryl methyl sites for hydroxylation is 1. The molecule has 5 heteroatoms. The molecule has 0 bridgehead atoms. The summed E-state index contributed by atoms with van der Waals surface area (Å²) in [5.41, 5.74) is 2.71. The molecule has 0 N–H and O–H groups in total. The molecular formula is C16H15ClF2O2. The van der Waals surface area contributed by atoms with Gasteiger partial charge in [0.15, 0.2) is 0 Å². The summed E-state index contributed by atoms with van der Waals surface area (Å²) >= 11 is 6.43. The Morgan fingerprint density at radius 2 is 1.62 bits per heavy atom. The van der Waals surface area contributed by atoms with Crippen LogP contribution < -0.4 is 9.47 Å². The Hall–Kier alpha value is -1.81. The lowest BCUT2D eigenvalue weighted by atomic mass is 10.0. The van der Waals surface area contributed by atoms with Crippen molar-refractivity contribution in [1.82, 2.24) is 0 Å². The van der Waals surface area contributed by atoms with E-state index < -0.39 is 6.61 Å². The lowest BCUT2D eigenvalue weighted by molar-refractivity contribution is -0.0498. The summed E-state index contributed by atoms with van der Waals surface area (Å²) in [6.07, 6.45) is 0. The molecule has 0 aromatic heterocycles. The third-order valence-corrected chi connectivity index (χ3v) is 3.61. The summed E-state index contributed by atoms with van der Waals surface area (Å²) < 4.78 is 33.7. The molecule has 2 rings (SSSR count). The Morgan fingerprint density at radius 3 is 2.14 bits per heavy atom. The third-order valence-electron chi connectivity index (χ3n) is 3.11. The van der Waals surface area contributed by atoms with Crippen molar-refractivity contribution in [2.75, 3.05) is 7.11 Å². The zero-order valence-electron chi connectivity index (χ0n) is 11.6. The number of hydrogen-bond donors (Lipinski definition) is 0. The first-order chi connectivity index (χ1) is 10.0. The average molecular weight is 313 g/mol. The van der Waals surface area contributed by atoms with E-state index in [1.807, 2.05) is 25.1 Å². The van der Waals surface area contributed by atoms with Gasteiger partial charge in [0.2, 0.25) is 0 Å². The number of hydrogen-bond acceptors (Lipinski definition) is 2. The molecule has 2 aromatic carbocycles. The van der Waals surface area contributed by atoms with Gasteiger partial charge in [0.1, 0.15) is 11.5 Å². The van der Waals surface area contributed by atoms with Gasteiger partial charge in [0.05, 0.1) is 12.5 Å². The molecule has 1 unspecified atom stereocenters. The van der Waals surface area contributed by atoms with Crippen LogP contribution in [0.1, 0.15) is 22.1 Å². The molecule has 0 aliphatic rings. The highest BCUT2D eigenvalue weighted by molar-refractivity contribution is 6.22. The molecule has 0 saturated carbocycles. The summed E-state index contributed by atoms with van der Waals surface area (Å²) in [4.78, 5) is 0. The standard InChI is InChI=1S/C16H15ClF2O2/c1-10-9-12(5-8-14(10)20-2)15(17)11-3-6-13(7-4-11)21-16(18)19/h3-9,15-16H,1-2H3. The molecule has 21 heavy (non-hydrogen) atoms. The molecule has 0 spiro atoms. The maximum atomic E-state index is 12.1. The molecule has 2 nitrogen and oxygen atoms in total. The lowest BCUT2D eigenvalue weighted by Gasteiger charge is -2.13. The summed E-state index contributed by atoms with van der Waals surface area (Å²) in [5, 5.41) is -0.366. The molecule has 1 atom stereocenters. The van der Waals surface area contributed by atoms with E-state index in [2.05, 4.69) is 4.74 Å². The van der Waals surface area contributed by atoms with Crippen LogP contribution in [0.25, 0.3) is 0 Å². The van der Waals surface area contributed by atoms with Gasteiger partial charge < -0.3 is 9.47 Å². The van der Waals surface area contributed by atoms with E-state index in [9.17, 15) is 8.78 Å². The Bertz CT molecular complexity index is 600. The van der Waals surface area contributed by atoms with E-state index in [0.717, 1.165) is 22.4 Å². The van der Waals surface area contributed by atoms with E-state index in [1.165, 1.54) is 12.1 Å². The Kier molecular flexibility index (Phi) is 5.02. The van der Waals surface area contributed by atoms with Crippen LogP contribution in [0.5, 0.6) is 11.5 Å². The lowest BCUT2D eigenvalue weighted by Crippen LogP contribution is -2.02. The first-order valence-electron chi connectivity index (χ1n) is 6.34. The summed E-state index contributed by atoms with van der Waals surface area (Å²) in [7, 11) is 1.61. The second-order valence-corrected chi connectivity index (χ2v) is 4.98. The van der Waals surface area contributed by atoms with Gasteiger partial charge in [-0.2, -0.15) is 8.78 Å². The SMILES string of the molecule is COc1ccc(C(Cl)c2ccc(OC(F)F)cc2)cc1C. The van der Waals surface area contributed by atoms with Gasteiger partial charge in [0, 0.05) is 0 Å². The molecular weight excluding hydrogens is 298 g/mol. The Morgan fingerprint density at radius 1 is 1.00 bits per heavy atom. The van der Waals surface area contributed by atoms with Gasteiger partial charge >= 0.3 is 6.61 Å². The number of methoxy groups -OCH3 is 1. The van der Waals surface area contributed by atoms with Crippen LogP contribution in [0, 0.1) is 6.92 Å². The van der Waals surface area contributed by atoms with E-state index in [-0.39, 0.29) is 11.1 Å². The Balaban J connectivity index is 2.19. The fourth-order valence-corrected chi connectivity index (χ4v) is 2.35. The van der Waals surface area contributed by atoms with Crippen molar-refractivity contribution in [2.24, 2.45) is 0 Å². The second kappa shape index (κ2) is 6.76. The molecule has 2 aromatic rings. The summed E-state index contributed by atoms with van der Waals surface area (Å²) in [6.45, 7) is -0.891. The predicted molar refractivity (Wildman–Crippen MR) is 78.5 cm³/mol. The average Bonchev–Trinajstić information content (AvgIpc) is 2.46. The van der Waals surface area contributed by atoms with E-state index in [0.29, 0.717) is 0 Å². The van der Waals surface area contributed by atoms with Crippen LogP contribution in [0.2, 0.25) is 0 Å². The number of halogens is 3. The van der Waals surface area contributed by atoms with Gasteiger partial charge in [-0.3, -0.25) is 0 Å². The molecule has 112 valence electrons. The van der Waals surface area contributed by atoms with Crippen molar-refractivity contribution in [3.8, 4) is 11.5 Å². The van der Waals surface area contributed by atoms with Crippen molar-refractivity contribution in [1.29, 1.82) is 0 Å². The minimum absolute atomic E-state index is 0.114. The zero-order chi connectivity index (χ0) is 15.4. The maximum absolute atomic E-state index is 12.1. The summed E-state index contributed by atoms with van der Waals surface area (Å²) in [5.74, 6) is 0.909. The molecule has 0 heterocycles. The molecule has 0 fully saturated rings. The largest absolute Gasteiger partial charge is 0.496 e. The van der Waals surface area contributed by atoms with Gasteiger partial charge in [-0.1, -0.05) is 24.3 Å². The van der Waals surface area contributed by atoms with E-state index in [4.69, 9.17) is 16.3 Å². The highest BCUT2D eigenvalue weighted by Gasteiger charge is 2.13. The van der Waals surface area contributed by atoms with Gasteiger partial charge in [-0.15, -0.1) is 11.6 Å². The zero-order valence-corrected chi connectivity index (χ0v) is 12.4. The van der Waals surface area contributed by atoms with E-state index in [1.54, 1.807) is 19.2 Å². The topological polar surface area (TPSA) is 18.5 Å². The van der Waals surface area contributed by atoms with Crippen LogP contribution in [0.3, 0.4) is 0 Å². The van der Waals surface area contributed by atoms with Crippen molar-refractivity contribution >= 4 is 11.6 Å².